The lowest BCUT2D eigenvalue weighted by Gasteiger charge is -2.23. The molecule has 2 amide bonds. The summed E-state index contributed by atoms with van der Waals surface area (Å²) in [6.07, 6.45) is 4.96. The van der Waals surface area contributed by atoms with Crippen LogP contribution in [0.15, 0.2) is 35.4 Å². The highest BCUT2D eigenvalue weighted by Crippen LogP contribution is 2.21. The molecule has 0 radical (unpaired) electrons. The number of nitrogens with zero attached hydrogens (tertiary/aromatic N) is 3. The molecular formula is C15H18N4O3. The molecule has 0 saturated carbocycles. The van der Waals surface area contributed by atoms with Gasteiger partial charge in [0, 0.05) is 44.4 Å². The van der Waals surface area contributed by atoms with Crippen LogP contribution < -0.4 is 5.32 Å². The molecule has 0 aromatic carbocycles. The molecule has 1 aliphatic heterocycles. The molecule has 0 spiro atoms. The number of hydrogen-bond acceptors (Lipinski definition) is 4. The van der Waals surface area contributed by atoms with Gasteiger partial charge < -0.3 is 19.2 Å². The normalized spacial score (nSPS) is 17.7. The zero-order valence-corrected chi connectivity index (χ0v) is 12.4. The summed E-state index contributed by atoms with van der Waals surface area (Å²) in [4.78, 5) is 29.9. The first kappa shape index (κ1) is 14.4. The Kier molecular flexibility index (Phi) is 3.95. The Hall–Kier alpha value is -2.57. The van der Waals surface area contributed by atoms with Gasteiger partial charge in [-0.1, -0.05) is 0 Å². The Morgan fingerprint density at radius 2 is 2.32 bits per heavy atom. The van der Waals surface area contributed by atoms with Gasteiger partial charge in [0.1, 0.15) is 6.26 Å². The quantitative estimate of drug-likeness (QED) is 0.913. The van der Waals surface area contributed by atoms with Gasteiger partial charge in [0.2, 0.25) is 5.91 Å². The Balaban J connectivity index is 1.83. The topological polar surface area (TPSA) is 80.4 Å². The maximum absolute atomic E-state index is 12.5. The van der Waals surface area contributed by atoms with E-state index < -0.39 is 0 Å². The van der Waals surface area contributed by atoms with Crippen molar-refractivity contribution in [3.63, 3.8) is 0 Å². The largest absolute Gasteiger partial charge is 0.451 e. The number of nitrogens with one attached hydrogen (secondary N) is 1. The molecular weight excluding hydrogens is 284 g/mol. The molecule has 1 aliphatic rings. The van der Waals surface area contributed by atoms with Gasteiger partial charge in [-0.15, -0.1) is 0 Å². The molecule has 22 heavy (non-hydrogen) atoms. The summed E-state index contributed by atoms with van der Waals surface area (Å²) in [5.74, 6) is -0.135. The Bertz CT molecular complexity index is 662. The fourth-order valence-electron chi connectivity index (χ4n) is 2.81. The highest BCUT2D eigenvalue weighted by atomic mass is 16.3. The van der Waals surface area contributed by atoms with Gasteiger partial charge in [-0.25, -0.2) is 4.98 Å². The van der Waals surface area contributed by atoms with Gasteiger partial charge in [0.15, 0.2) is 12.1 Å². The van der Waals surface area contributed by atoms with Gasteiger partial charge in [-0.3, -0.25) is 9.59 Å². The minimum atomic E-state index is -0.176. The first-order valence-corrected chi connectivity index (χ1v) is 7.19. The van der Waals surface area contributed by atoms with Crippen molar-refractivity contribution in [3.8, 4) is 0 Å². The van der Waals surface area contributed by atoms with Crippen LogP contribution in [0.4, 0.5) is 0 Å². The molecule has 0 bridgehead atoms. The van der Waals surface area contributed by atoms with Crippen LogP contribution in [-0.2, 0) is 17.9 Å². The van der Waals surface area contributed by atoms with E-state index in [4.69, 9.17) is 4.42 Å². The highest BCUT2D eigenvalue weighted by Gasteiger charge is 2.27. The van der Waals surface area contributed by atoms with E-state index in [2.05, 4.69) is 14.9 Å². The monoisotopic (exact) mass is 302 g/mol. The predicted octanol–water partition coefficient (Wildman–Crippen LogP) is 0.884. The van der Waals surface area contributed by atoms with Crippen molar-refractivity contribution in [2.45, 2.75) is 19.5 Å². The van der Waals surface area contributed by atoms with Gasteiger partial charge in [0.05, 0.1) is 6.54 Å². The van der Waals surface area contributed by atoms with E-state index in [1.807, 2.05) is 18.3 Å². The van der Waals surface area contributed by atoms with E-state index in [1.54, 1.807) is 11.9 Å². The number of carbonyl (C=O) groups is 2. The molecule has 7 heteroatoms. The lowest BCUT2D eigenvalue weighted by Crippen LogP contribution is -2.35. The van der Waals surface area contributed by atoms with Gasteiger partial charge in [0.25, 0.3) is 5.91 Å². The zero-order valence-electron chi connectivity index (χ0n) is 12.4. The van der Waals surface area contributed by atoms with Crippen LogP contribution in [-0.4, -0.2) is 39.9 Å². The number of rotatable bonds is 3. The van der Waals surface area contributed by atoms with E-state index in [-0.39, 0.29) is 17.7 Å². The molecule has 0 fully saturated rings. The maximum Gasteiger partial charge on any atom is 0.276 e. The van der Waals surface area contributed by atoms with Crippen molar-refractivity contribution in [2.75, 3.05) is 13.6 Å². The molecule has 3 heterocycles. The van der Waals surface area contributed by atoms with Crippen molar-refractivity contribution in [2.24, 2.45) is 5.92 Å². The molecule has 1 N–H and O–H groups in total. The summed E-state index contributed by atoms with van der Waals surface area (Å²) in [7, 11) is 1.62. The van der Waals surface area contributed by atoms with Crippen molar-refractivity contribution in [3.05, 3.63) is 42.4 Å². The zero-order chi connectivity index (χ0) is 15.5. The number of carbonyl (C=O) groups excluding carboxylic acids is 2. The summed E-state index contributed by atoms with van der Waals surface area (Å²) in [5.41, 5.74) is 1.34. The van der Waals surface area contributed by atoms with Crippen LogP contribution in [0.1, 0.15) is 22.6 Å². The van der Waals surface area contributed by atoms with Crippen molar-refractivity contribution in [1.29, 1.82) is 0 Å². The van der Waals surface area contributed by atoms with Crippen LogP contribution in [0, 0.1) is 5.92 Å². The SMILES string of the molecule is CNC(=O)CC1CN(C(=O)c2cocn2)Cc2cccn2C1. The number of oxazole rings is 1. The number of amides is 2. The number of aromatic nitrogens is 2. The third-order valence-corrected chi connectivity index (χ3v) is 3.90. The summed E-state index contributed by atoms with van der Waals surface area (Å²) in [5, 5.41) is 2.64. The molecule has 0 saturated heterocycles. The second kappa shape index (κ2) is 6.05. The second-order valence-corrected chi connectivity index (χ2v) is 5.45. The Morgan fingerprint density at radius 3 is 3.05 bits per heavy atom. The minimum Gasteiger partial charge on any atom is -0.451 e. The molecule has 7 nitrogen and oxygen atoms in total. The van der Waals surface area contributed by atoms with Crippen molar-refractivity contribution >= 4 is 11.8 Å². The first-order chi connectivity index (χ1) is 10.7. The predicted molar refractivity (Wildman–Crippen MR) is 77.8 cm³/mol. The average molecular weight is 302 g/mol. The van der Waals surface area contributed by atoms with Crippen LogP contribution in [0.3, 0.4) is 0 Å². The highest BCUT2D eigenvalue weighted by molar-refractivity contribution is 5.91. The summed E-state index contributed by atoms with van der Waals surface area (Å²) in [6, 6.07) is 3.95. The van der Waals surface area contributed by atoms with Gasteiger partial charge in [-0.2, -0.15) is 0 Å². The molecule has 1 atom stereocenters. The summed E-state index contributed by atoms with van der Waals surface area (Å²) in [6.45, 7) is 1.74. The van der Waals surface area contributed by atoms with Crippen molar-refractivity contribution in [1.82, 2.24) is 19.8 Å². The molecule has 0 aliphatic carbocycles. The maximum atomic E-state index is 12.5. The third-order valence-electron chi connectivity index (χ3n) is 3.90. The molecule has 116 valence electrons. The van der Waals surface area contributed by atoms with Crippen LogP contribution in [0.2, 0.25) is 0 Å². The smallest absolute Gasteiger partial charge is 0.276 e. The molecule has 3 rings (SSSR count). The lowest BCUT2D eigenvalue weighted by atomic mass is 10.0. The first-order valence-electron chi connectivity index (χ1n) is 7.19. The Morgan fingerprint density at radius 1 is 1.45 bits per heavy atom. The standard InChI is InChI=1S/C15H18N4O3/c1-16-14(20)5-11-6-18-4-2-3-12(18)8-19(7-11)15(21)13-9-22-10-17-13/h2-4,9-11H,5-8H2,1H3,(H,16,20). The average Bonchev–Trinajstić information content (AvgIpc) is 3.15. The molecule has 2 aromatic rings. The number of fused-ring (bicyclic) bond motifs is 1. The van der Waals surface area contributed by atoms with E-state index >= 15 is 0 Å². The second-order valence-electron chi connectivity index (χ2n) is 5.45. The van der Waals surface area contributed by atoms with Crippen LogP contribution >= 0.6 is 0 Å². The molecule has 2 aromatic heterocycles. The summed E-state index contributed by atoms with van der Waals surface area (Å²) >= 11 is 0. The molecule has 1 unspecified atom stereocenters. The fraction of sp³-hybridized carbons (Fsp3) is 0.400. The fourth-order valence-corrected chi connectivity index (χ4v) is 2.81. The third kappa shape index (κ3) is 2.88. The van der Waals surface area contributed by atoms with E-state index in [0.29, 0.717) is 25.2 Å². The Labute approximate surface area is 127 Å². The summed E-state index contributed by atoms with van der Waals surface area (Å²) < 4.78 is 6.99. The van der Waals surface area contributed by atoms with Crippen LogP contribution in [0.5, 0.6) is 0 Å². The van der Waals surface area contributed by atoms with Gasteiger partial charge >= 0.3 is 0 Å². The van der Waals surface area contributed by atoms with Crippen molar-refractivity contribution < 1.29 is 14.0 Å². The van der Waals surface area contributed by atoms with E-state index in [9.17, 15) is 9.59 Å². The van der Waals surface area contributed by atoms with E-state index in [1.165, 1.54) is 12.7 Å². The minimum absolute atomic E-state index is 0.0190. The van der Waals surface area contributed by atoms with Gasteiger partial charge in [-0.05, 0) is 12.1 Å². The van der Waals surface area contributed by atoms with E-state index in [0.717, 1.165) is 12.2 Å². The number of hydrogen-bond donors (Lipinski definition) is 1. The van der Waals surface area contributed by atoms with Crippen LogP contribution in [0.25, 0.3) is 0 Å². The lowest BCUT2D eigenvalue weighted by molar-refractivity contribution is -0.121.